The molecule has 2 unspecified atom stereocenters. The molecule has 0 aliphatic carbocycles. The molecule has 1 saturated heterocycles. The molecule has 1 aliphatic rings. The van der Waals surface area contributed by atoms with Gasteiger partial charge in [0.15, 0.2) is 17.6 Å². The lowest BCUT2D eigenvalue weighted by molar-refractivity contribution is 0.119. The van der Waals surface area contributed by atoms with Crippen LogP contribution in [0.1, 0.15) is 25.5 Å². The molecule has 1 aliphatic heterocycles. The fourth-order valence-corrected chi connectivity index (χ4v) is 2.89. The molecule has 1 heterocycles. The molecule has 0 bridgehead atoms. The SMILES string of the molecule is CCNC(=NCC1CN(C)CCN1C)NC(C)c1ccc(F)c(F)c1. The third-order valence-electron chi connectivity index (χ3n) is 4.58. The Morgan fingerprint density at radius 2 is 2.04 bits per heavy atom. The van der Waals surface area contributed by atoms with E-state index >= 15 is 0 Å². The monoisotopic (exact) mass is 353 g/mol. The molecule has 0 saturated carbocycles. The highest BCUT2D eigenvalue weighted by Gasteiger charge is 2.22. The quantitative estimate of drug-likeness (QED) is 0.626. The summed E-state index contributed by atoms with van der Waals surface area (Å²) in [5.74, 6) is -0.984. The fourth-order valence-electron chi connectivity index (χ4n) is 2.89. The number of hydrogen-bond acceptors (Lipinski definition) is 3. The van der Waals surface area contributed by atoms with Crippen LogP contribution in [0.2, 0.25) is 0 Å². The molecule has 2 atom stereocenters. The summed E-state index contributed by atoms with van der Waals surface area (Å²) in [5, 5.41) is 6.48. The van der Waals surface area contributed by atoms with Crippen molar-refractivity contribution in [3.63, 3.8) is 0 Å². The van der Waals surface area contributed by atoms with E-state index in [0.29, 0.717) is 24.1 Å². The van der Waals surface area contributed by atoms with Crippen molar-refractivity contribution in [2.45, 2.75) is 25.9 Å². The average Bonchev–Trinajstić information content (AvgIpc) is 2.58. The molecule has 7 heteroatoms. The van der Waals surface area contributed by atoms with Gasteiger partial charge in [-0.1, -0.05) is 6.07 Å². The molecule has 0 spiro atoms. The van der Waals surface area contributed by atoms with Gasteiger partial charge in [-0.15, -0.1) is 0 Å². The van der Waals surface area contributed by atoms with Gasteiger partial charge >= 0.3 is 0 Å². The number of nitrogens with one attached hydrogen (secondary N) is 2. The zero-order valence-electron chi connectivity index (χ0n) is 15.5. The molecule has 0 aromatic heterocycles. The van der Waals surface area contributed by atoms with Crippen LogP contribution in [0.15, 0.2) is 23.2 Å². The first-order chi connectivity index (χ1) is 11.9. The van der Waals surface area contributed by atoms with Crippen molar-refractivity contribution in [1.82, 2.24) is 20.4 Å². The molecular formula is C18H29F2N5. The van der Waals surface area contributed by atoms with Crippen molar-refractivity contribution in [3.05, 3.63) is 35.4 Å². The van der Waals surface area contributed by atoms with Crippen LogP contribution in [0.5, 0.6) is 0 Å². The Bertz CT molecular complexity index is 593. The highest BCUT2D eigenvalue weighted by Crippen LogP contribution is 2.16. The van der Waals surface area contributed by atoms with E-state index in [1.54, 1.807) is 6.07 Å². The highest BCUT2D eigenvalue weighted by molar-refractivity contribution is 5.80. The van der Waals surface area contributed by atoms with Gasteiger partial charge in [0.2, 0.25) is 0 Å². The number of aliphatic imine (C=N–C) groups is 1. The van der Waals surface area contributed by atoms with E-state index in [1.165, 1.54) is 6.07 Å². The molecule has 140 valence electrons. The molecule has 25 heavy (non-hydrogen) atoms. The van der Waals surface area contributed by atoms with Crippen LogP contribution in [-0.2, 0) is 0 Å². The maximum Gasteiger partial charge on any atom is 0.191 e. The van der Waals surface area contributed by atoms with Gasteiger partial charge in [0.25, 0.3) is 0 Å². The van der Waals surface area contributed by atoms with Crippen molar-refractivity contribution in [2.75, 3.05) is 46.8 Å². The highest BCUT2D eigenvalue weighted by atomic mass is 19.2. The summed E-state index contributed by atoms with van der Waals surface area (Å²) in [7, 11) is 4.25. The van der Waals surface area contributed by atoms with Gasteiger partial charge in [-0.2, -0.15) is 0 Å². The first-order valence-electron chi connectivity index (χ1n) is 8.79. The first-order valence-corrected chi connectivity index (χ1v) is 8.79. The summed E-state index contributed by atoms with van der Waals surface area (Å²) in [6.07, 6.45) is 0. The molecule has 1 aromatic carbocycles. The van der Waals surface area contributed by atoms with Crippen LogP contribution < -0.4 is 10.6 Å². The Morgan fingerprint density at radius 3 is 2.72 bits per heavy atom. The predicted molar refractivity (Wildman–Crippen MR) is 97.8 cm³/mol. The summed E-state index contributed by atoms with van der Waals surface area (Å²) in [4.78, 5) is 9.32. The van der Waals surface area contributed by atoms with Gasteiger partial charge in [0.05, 0.1) is 12.6 Å². The van der Waals surface area contributed by atoms with Crippen molar-refractivity contribution >= 4 is 5.96 Å². The van der Waals surface area contributed by atoms with E-state index in [9.17, 15) is 8.78 Å². The van der Waals surface area contributed by atoms with Gasteiger partial charge < -0.3 is 15.5 Å². The number of piperazine rings is 1. The van der Waals surface area contributed by atoms with Crippen LogP contribution in [0.4, 0.5) is 8.78 Å². The summed E-state index contributed by atoms with van der Waals surface area (Å²) in [6.45, 7) is 8.41. The number of guanidine groups is 1. The fraction of sp³-hybridized carbons (Fsp3) is 0.611. The Labute approximate surface area is 149 Å². The Hall–Kier alpha value is -1.73. The standard InChI is InChI=1S/C18H29F2N5/c1-5-21-18(22-11-15-12-24(3)8-9-25(15)4)23-13(2)14-6-7-16(19)17(20)10-14/h6-7,10,13,15H,5,8-9,11-12H2,1-4H3,(H2,21,22,23). The summed E-state index contributed by atoms with van der Waals surface area (Å²) in [5.41, 5.74) is 0.680. The number of hydrogen-bond donors (Lipinski definition) is 2. The second-order valence-corrected chi connectivity index (χ2v) is 6.66. The summed E-state index contributed by atoms with van der Waals surface area (Å²) >= 11 is 0. The van der Waals surface area contributed by atoms with Crippen LogP contribution in [0.25, 0.3) is 0 Å². The Morgan fingerprint density at radius 1 is 1.28 bits per heavy atom. The maximum atomic E-state index is 13.4. The van der Waals surface area contributed by atoms with E-state index in [0.717, 1.165) is 32.2 Å². The Balaban J connectivity index is 2.02. The number of benzene rings is 1. The van der Waals surface area contributed by atoms with E-state index in [4.69, 9.17) is 0 Å². The minimum absolute atomic E-state index is 0.181. The molecule has 1 fully saturated rings. The van der Waals surface area contributed by atoms with Gasteiger partial charge in [-0.3, -0.25) is 9.89 Å². The van der Waals surface area contributed by atoms with E-state index in [-0.39, 0.29) is 6.04 Å². The van der Waals surface area contributed by atoms with Crippen molar-refractivity contribution < 1.29 is 8.78 Å². The third kappa shape index (κ3) is 5.64. The molecule has 2 rings (SSSR count). The largest absolute Gasteiger partial charge is 0.357 e. The van der Waals surface area contributed by atoms with Crippen molar-refractivity contribution in [2.24, 2.45) is 4.99 Å². The molecule has 2 N–H and O–H groups in total. The first kappa shape index (κ1) is 19.6. The number of nitrogens with zero attached hydrogens (tertiary/aromatic N) is 3. The minimum atomic E-state index is -0.833. The normalized spacial score (nSPS) is 21.2. The molecule has 0 amide bonds. The van der Waals surface area contributed by atoms with E-state index in [1.807, 2.05) is 13.8 Å². The van der Waals surface area contributed by atoms with E-state index in [2.05, 4.69) is 39.5 Å². The third-order valence-corrected chi connectivity index (χ3v) is 4.58. The molecule has 1 aromatic rings. The molecular weight excluding hydrogens is 324 g/mol. The van der Waals surface area contributed by atoms with Gasteiger partial charge in [-0.25, -0.2) is 8.78 Å². The minimum Gasteiger partial charge on any atom is -0.357 e. The van der Waals surface area contributed by atoms with Crippen LogP contribution in [0, 0.1) is 11.6 Å². The smallest absolute Gasteiger partial charge is 0.191 e. The van der Waals surface area contributed by atoms with Crippen LogP contribution in [-0.4, -0.2) is 68.6 Å². The zero-order chi connectivity index (χ0) is 18.4. The van der Waals surface area contributed by atoms with Gasteiger partial charge in [0, 0.05) is 32.2 Å². The zero-order valence-corrected chi connectivity index (χ0v) is 15.5. The lowest BCUT2D eigenvalue weighted by Crippen LogP contribution is -2.51. The Kier molecular flexibility index (Phi) is 7.13. The number of halogens is 2. The average molecular weight is 353 g/mol. The lowest BCUT2D eigenvalue weighted by Gasteiger charge is -2.37. The van der Waals surface area contributed by atoms with E-state index < -0.39 is 11.6 Å². The van der Waals surface area contributed by atoms with Crippen LogP contribution >= 0.6 is 0 Å². The van der Waals surface area contributed by atoms with Crippen molar-refractivity contribution in [3.8, 4) is 0 Å². The van der Waals surface area contributed by atoms with Gasteiger partial charge in [0.1, 0.15) is 0 Å². The van der Waals surface area contributed by atoms with Crippen molar-refractivity contribution in [1.29, 1.82) is 0 Å². The molecule has 5 nitrogen and oxygen atoms in total. The second-order valence-electron chi connectivity index (χ2n) is 6.66. The van der Waals surface area contributed by atoms with Gasteiger partial charge in [-0.05, 0) is 45.6 Å². The maximum absolute atomic E-state index is 13.4. The second kappa shape index (κ2) is 9.10. The lowest BCUT2D eigenvalue weighted by atomic mass is 10.1. The topological polar surface area (TPSA) is 42.9 Å². The number of likely N-dealkylation sites (N-methyl/N-ethyl adjacent to an activating group) is 2. The van der Waals surface area contributed by atoms with Crippen LogP contribution in [0.3, 0.4) is 0 Å². The summed E-state index contributed by atoms with van der Waals surface area (Å²) in [6, 6.07) is 4.15. The summed E-state index contributed by atoms with van der Waals surface area (Å²) < 4.78 is 26.5. The molecule has 0 radical (unpaired) electrons. The predicted octanol–water partition coefficient (Wildman–Crippen LogP) is 1.83. The number of rotatable bonds is 5.